The van der Waals surface area contributed by atoms with E-state index in [4.69, 9.17) is 9.47 Å². The third-order valence-electron chi connectivity index (χ3n) is 7.11. The van der Waals surface area contributed by atoms with Gasteiger partial charge in [-0.05, 0) is 44.4 Å². The molecule has 4 nitrogen and oxygen atoms in total. The molecular weight excluding hydrogens is 446 g/mol. The van der Waals surface area contributed by atoms with Crippen LogP contribution in [-0.4, -0.2) is 43.3 Å². The topological polar surface area (TPSA) is 35.5 Å². The predicted octanol–water partition coefficient (Wildman–Crippen LogP) is 7.74. The molecule has 0 fully saturated rings. The number of hydrogen-bond donors (Lipinski definition) is 0. The van der Waals surface area contributed by atoms with Crippen molar-refractivity contribution in [2.24, 2.45) is 0 Å². The highest BCUT2D eigenvalue weighted by Crippen LogP contribution is 2.18. The zero-order valence-electron chi connectivity index (χ0n) is 23.5. The summed E-state index contributed by atoms with van der Waals surface area (Å²) in [6.07, 6.45) is 13.1. The molecule has 0 saturated heterocycles. The van der Waals surface area contributed by atoms with Gasteiger partial charge in [0.1, 0.15) is 25.0 Å². The molecule has 0 aromatic heterocycles. The van der Waals surface area contributed by atoms with Crippen LogP contribution in [-0.2, 0) is 22.5 Å². The number of carbonyl (C=O) groups excluding carboxylic acids is 1. The Morgan fingerprint density at radius 3 is 1.97 bits per heavy atom. The molecule has 2 aromatic carbocycles. The molecule has 200 valence electrons. The molecule has 0 bridgehead atoms. The number of unbranched alkanes of at least 4 members (excludes halogenated alkanes) is 8. The molecule has 4 heteroatoms. The number of esters is 1. The Labute approximate surface area is 220 Å². The Hall–Kier alpha value is -2.33. The molecule has 0 spiro atoms. The number of ether oxygens (including phenoxy) is 2. The summed E-state index contributed by atoms with van der Waals surface area (Å²) in [7, 11) is 4.13. The summed E-state index contributed by atoms with van der Waals surface area (Å²) in [5, 5.41) is 0. The Kier molecular flexibility index (Phi) is 13.6. The van der Waals surface area contributed by atoms with Crippen LogP contribution in [0, 0.1) is 0 Å². The number of carbonyl (C=O) groups is 1. The second kappa shape index (κ2) is 16.4. The van der Waals surface area contributed by atoms with E-state index in [0.29, 0.717) is 4.48 Å². The van der Waals surface area contributed by atoms with Gasteiger partial charge in [-0.3, -0.25) is 0 Å². The van der Waals surface area contributed by atoms with Gasteiger partial charge >= 0.3 is 5.97 Å². The van der Waals surface area contributed by atoms with Gasteiger partial charge in [-0.1, -0.05) is 101 Å². The van der Waals surface area contributed by atoms with Gasteiger partial charge in [0.05, 0.1) is 14.1 Å². The quantitative estimate of drug-likeness (QED) is 0.120. The number of aryl methyl sites for hydroxylation is 1. The van der Waals surface area contributed by atoms with Crippen LogP contribution < -0.4 is 4.74 Å². The molecule has 2 aromatic rings. The largest absolute Gasteiger partial charge is 0.487 e. The van der Waals surface area contributed by atoms with Crippen LogP contribution in [0.1, 0.15) is 89.7 Å². The van der Waals surface area contributed by atoms with Gasteiger partial charge in [-0.2, -0.15) is 0 Å². The number of benzene rings is 2. The number of nitrogens with zero attached hydrogens (tertiary/aromatic N) is 1. The average Bonchev–Trinajstić information content (AvgIpc) is 2.87. The minimum atomic E-state index is -0.266. The number of quaternary nitrogens is 1. The van der Waals surface area contributed by atoms with Crippen LogP contribution >= 0.6 is 0 Å². The van der Waals surface area contributed by atoms with Gasteiger partial charge < -0.3 is 14.0 Å². The summed E-state index contributed by atoms with van der Waals surface area (Å²) in [6.45, 7) is 7.16. The van der Waals surface area contributed by atoms with Crippen LogP contribution in [0.5, 0.6) is 5.75 Å². The number of rotatable bonds is 18. The average molecular weight is 497 g/mol. The molecule has 0 N–H and O–H groups in total. The maximum atomic E-state index is 12.7. The van der Waals surface area contributed by atoms with Crippen molar-refractivity contribution in [3.8, 4) is 5.75 Å². The SMILES string of the molecule is CCCCCCCCCCCc1ccc(OC(C)COC(=O)C(C)[N+](C)(C)Cc2ccccc2)cc1. The van der Waals surface area contributed by atoms with Crippen LogP contribution in [0.3, 0.4) is 0 Å². The van der Waals surface area contributed by atoms with E-state index in [1.165, 1.54) is 68.9 Å². The standard InChI is InChI=1S/C32H50NO3/c1-6-7-8-9-10-11-12-13-15-18-29-21-23-31(24-22-29)36-27(2)26-35-32(34)28(3)33(4,5)25-30-19-16-14-17-20-30/h14,16-17,19-24,27-28H,6-13,15,18,25-26H2,1-5H3/q+1. The van der Waals surface area contributed by atoms with E-state index in [9.17, 15) is 4.79 Å². The van der Waals surface area contributed by atoms with E-state index in [1.54, 1.807) is 0 Å². The lowest BCUT2D eigenvalue weighted by Crippen LogP contribution is -2.51. The molecule has 0 heterocycles. The zero-order valence-corrected chi connectivity index (χ0v) is 23.5. The number of hydrogen-bond acceptors (Lipinski definition) is 3. The summed E-state index contributed by atoms with van der Waals surface area (Å²) < 4.78 is 12.2. The highest BCUT2D eigenvalue weighted by Gasteiger charge is 2.32. The molecule has 36 heavy (non-hydrogen) atoms. The lowest BCUT2D eigenvalue weighted by molar-refractivity contribution is -0.917. The van der Waals surface area contributed by atoms with Crippen LogP contribution in [0.25, 0.3) is 0 Å². The molecule has 0 aliphatic heterocycles. The van der Waals surface area contributed by atoms with E-state index in [0.717, 1.165) is 18.7 Å². The minimum Gasteiger partial charge on any atom is -0.487 e. The fourth-order valence-electron chi connectivity index (χ4n) is 4.44. The first-order valence-electron chi connectivity index (χ1n) is 14.1. The molecular formula is C32H50NO3+. The van der Waals surface area contributed by atoms with Crippen molar-refractivity contribution in [1.29, 1.82) is 0 Å². The molecule has 2 rings (SSSR count). The normalized spacial score (nSPS) is 13.2. The van der Waals surface area contributed by atoms with E-state index >= 15 is 0 Å². The first-order chi connectivity index (χ1) is 17.3. The van der Waals surface area contributed by atoms with Gasteiger partial charge in [-0.15, -0.1) is 0 Å². The van der Waals surface area contributed by atoms with Gasteiger partial charge in [0, 0.05) is 5.56 Å². The van der Waals surface area contributed by atoms with E-state index in [-0.39, 0.29) is 24.7 Å². The van der Waals surface area contributed by atoms with E-state index in [1.807, 2.05) is 44.2 Å². The molecule has 2 unspecified atom stereocenters. The minimum absolute atomic E-state index is 0.192. The first kappa shape index (κ1) is 29.9. The monoisotopic (exact) mass is 496 g/mol. The fourth-order valence-corrected chi connectivity index (χ4v) is 4.44. The van der Waals surface area contributed by atoms with Crippen molar-refractivity contribution in [3.05, 3.63) is 65.7 Å². The third kappa shape index (κ3) is 11.6. The summed E-state index contributed by atoms with van der Waals surface area (Å²) in [6, 6.07) is 18.4. The molecule has 0 aliphatic rings. The summed E-state index contributed by atoms with van der Waals surface area (Å²) >= 11 is 0. The summed E-state index contributed by atoms with van der Waals surface area (Å²) in [5.74, 6) is 0.630. The fraction of sp³-hybridized carbons (Fsp3) is 0.594. The Morgan fingerprint density at radius 1 is 0.778 bits per heavy atom. The maximum absolute atomic E-state index is 12.7. The maximum Gasteiger partial charge on any atom is 0.364 e. The van der Waals surface area contributed by atoms with Gasteiger partial charge in [-0.25, -0.2) is 4.79 Å². The lowest BCUT2D eigenvalue weighted by Gasteiger charge is -2.34. The van der Waals surface area contributed by atoms with Crippen LogP contribution in [0.4, 0.5) is 0 Å². The third-order valence-corrected chi connectivity index (χ3v) is 7.11. The molecule has 0 aliphatic carbocycles. The van der Waals surface area contributed by atoms with Crippen molar-refractivity contribution in [2.45, 2.75) is 104 Å². The Morgan fingerprint density at radius 2 is 1.36 bits per heavy atom. The van der Waals surface area contributed by atoms with Gasteiger partial charge in [0.25, 0.3) is 0 Å². The Bertz CT molecular complexity index is 847. The molecule has 2 atom stereocenters. The molecule has 0 saturated carbocycles. The van der Waals surface area contributed by atoms with Crippen LogP contribution in [0.15, 0.2) is 54.6 Å². The first-order valence-corrected chi connectivity index (χ1v) is 14.1. The van der Waals surface area contributed by atoms with Crippen molar-refractivity contribution < 1.29 is 18.8 Å². The number of likely N-dealkylation sites (N-methyl/N-ethyl adjacent to an activating group) is 1. The van der Waals surface area contributed by atoms with E-state index < -0.39 is 0 Å². The van der Waals surface area contributed by atoms with Gasteiger partial charge in [0.15, 0.2) is 6.04 Å². The van der Waals surface area contributed by atoms with Crippen LogP contribution in [0.2, 0.25) is 0 Å². The Balaban J connectivity index is 1.64. The summed E-state index contributed by atoms with van der Waals surface area (Å²) in [5.41, 5.74) is 2.57. The van der Waals surface area contributed by atoms with Crippen molar-refractivity contribution in [1.82, 2.24) is 0 Å². The molecule has 0 amide bonds. The smallest absolute Gasteiger partial charge is 0.364 e. The van der Waals surface area contributed by atoms with E-state index in [2.05, 4.69) is 45.3 Å². The van der Waals surface area contributed by atoms with Crippen molar-refractivity contribution in [2.75, 3.05) is 20.7 Å². The highest BCUT2D eigenvalue weighted by molar-refractivity contribution is 5.74. The van der Waals surface area contributed by atoms with Gasteiger partial charge in [0.2, 0.25) is 0 Å². The second-order valence-corrected chi connectivity index (χ2v) is 10.9. The predicted molar refractivity (Wildman–Crippen MR) is 150 cm³/mol. The highest BCUT2D eigenvalue weighted by atomic mass is 16.6. The summed E-state index contributed by atoms with van der Waals surface area (Å²) in [4.78, 5) is 12.7. The lowest BCUT2D eigenvalue weighted by atomic mass is 10.0. The van der Waals surface area contributed by atoms with Crippen molar-refractivity contribution >= 4 is 5.97 Å². The van der Waals surface area contributed by atoms with Crippen molar-refractivity contribution in [3.63, 3.8) is 0 Å². The molecule has 0 radical (unpaired) electrons. The second-order valence-electron chi connectivity index (χ2n) is 10.9. The zero-order chi connectivity index (χ0) is 26.2.